The van der Waals surface area contributed by atoms with Crippen LogP contribution >= 0.6 is 0 Å². The largest absolute Gasteiger partial charge is 0.261 e. The zero-order chi connectivity index (χ0) is 8.55. The lowest BCUT2D eigenvalue weighted by molar-refractivity contribution is 0.808. The second-order valence-corrected chi connectivity index (χ2v) is 3.38. The van der Waals surface area contributed by atoms with Gasteiger partial charge in [-0.1, -0.05) is 6.58 Å². The van der Waals surface area contributed by atoms with Crippen LogP contribution in [0.5, 0.6) is 0 Å². The molecule has 0 spiro atoms. The lowest BCUT2D eigenvalue weighted by atomic mass is 9.88. The number of rotatable bonds is 0. The number of nitrogens with zero attached hydrogens (tertiary/aromatic N) is 1. The molecule has 1 aromatic heterocycles. The number of pyridine rings is 1. The lowest BCUT2D eigenvalue weighted by Crippen LogP contribution is -2.04. The highest BCUT2D eigenvalue weighted by atomic mass is 14.7. The summed E-state index contributed by atoms with van der Waals surface area (Å²) in [6, 6.07) is 2.09. The molecule has 1 aliphatic rings. The Bertz CT molecular complexity index is 326. The van der Waals surface area contributed by atoms with Gasteiger partial charge < -0.3 is 0 Å². The summed E-state index contributed by atoms with van der Waals surface area (Å²) in [7, 11) is 0. The van der Waals surface area contributed by atoms with Gasteiger partial charge in [-0.3, -0.25) is 4.98 Å². The summed E-state index contributed by atoms with van der Waals surface area (Å²) in [6.07, 6.45) is 5.44. The van der Waals surface area contributed by atoms with E-state index in [4.69, 9.17) is 0 Å². The van der Waals surface area contributed by atoms with Crippen LogP contribution in [-0.2, 0) is 6.42 Å². The van der Waals surface area contributed by atoms with Crippen molar-refractivity contribution in [3.63, 3.8) is 0 Å². The zero-order valence-corrected chi connectivity index (χ0v) is 7.43. The minimum Gasteiger partial charge on any atom is -0.261 e. The highest BCUT2D eigenvalue weighted by Gasteiger charge is 2.13. The topological polar surface area (TPSA) is 12.9 Å². The van der Waals surface area contributed by atoms with Crippen molar-refractivity contribution < 1.29 is 0 Å². The van der Waals surface area contributed by atoms with Crippen LogP contribution in [0.25, 0.3) is 5.57 Å². The Kier molecular flexibility index (Phi) is 1.72. The van der Waals surface area contributed by atoms with E-state index < -0.39 is 0 Å². The summed E-state index contributed by atoms with van der Waals surface area (Å²) >= 11 is 0. The zero-order valence-electron chi connectivity index (χ0n) is 7.43. The van der Waals surface area contributed by atoms with Crippen LogP contribution in [0.4, 0.5) is 0 Å². The van der Waals surface area contributed by atoms with E-state index in [1.807, 2.05) is 6.20 Å². The van der Waals surface area contributed by atoms with E-state index in [2.05, 4.69) is 24.6 Å². The Balaban J connectivity index is 2.59. The first-order chi connectivity index (χ1) is 5.79. The Morgan fingerprint density at radius 2 is 2.25 bits per heavy atom. The van der Waals surface area contributed by atoms with Gasteiger partial charge in [0, 0.05) is 11.9 Å². The summed E-state index contributed by atoms with van der Waals surface area (Å²) in [5.41, 5.74) is 5.21. The van der Waals surface area contributed by atoms with Crippen LogP contribution in [0, 0.1) is 6.92 Å². The second kappa shape index (κ2) is 2.74. The number of aromatic nitrogens is 1. The molecular weight excluding hydrogens is 146 g/mol. The summed E-state index contributed by atoms with van der Waals surface area (Å²) in [4.78, 5) is 4.29. The molecule has 0 N–H and O–H groups in total. The predicted octanol–water partition coefficient (Wildman–Crippen LogP) is 2.74. The third kappa shape index (κ3) is 1.06. The number of hydrogen-bond donors (Lipinski definition) is 0. The molecule has 0 radical (unpaired) electrons. The molecule has 0 bridgehead atoms. The molecule has 1 aromatic rings. The summed E-state index contributed by atoms with van der Waals surface area (Å²) < 4.78 is 0. The van der Waals surface area contributed by atoms with Gasteiger partial charge in [0.15, 0.2) is 0 Å². The molecule has 0 fully saturated rings. The molecule has 62 valence electrons. The Hall–Kier alpha value is -1.11. The van der Waals surface area contributed by atoms with Crippen molar-refractivity contribution in [3.05, 3.63) is 35.7 Å². The van der Waals surface area contributed by atoms with Crippen LogP contribution in [0.1, 0.15) is 29.7 Å². The van der Waals surface area contributed by atoms with Crippen LogP contribution in [0.3, 0.4) is 0 Å². The molecule has 1 aliphatic carbocycles. The normalized spacial score (nSPS) is 15.9. The van der Waals surface area contributed by atoms with E-state index in [9.17, 15) is 0 Å². The van der Waals surface area contributed by atoms with E-state index in [-0.39, 0.29) is 0 Å². The standard InChI is InChI=1S/C11H13N/c1-8-4-3-5-11-9(2)12-7-6-10(8)11/h6-7H,1,3-5H2,2H3. The first-order valence-electron chi connectivity index (χ1n) is 4.41. The van der Waals surface area contributed by atoms with Crippen molar-refractivity contribution in [1.29, 1.82) is 0 Å². The fourth-order valence-electron chi connectivity index (χ4n) is 1.86. The van der Waals surface area contributed by atoms with Gasteiger partial charge in [0.25, 0.3) is 0 Å². The van der Waals surface area contributed by atoms with Crippen molar-refractivity contribution >= 4 is 5.57 Å². The van der Waals surface area contributed by atoms with Gasteiger partial charge in [-0.05, 0) is 49.0 Å². The average molecular weight is 159 g/mol. The van der Waals surface area contributed by atoms with E-state index in [1.165, 1.54) is 35.2 Å². The highest BCUT2D eigenvalue weighted by Crippen LogP contribution is 2.29. The molecule has 0 aromatic carbocycles. The first kappa shape index (κ1) is 7.53. The quantitative estimate of drug-likeness (QED) is 0.567. The molecule has 12 heavy (non-hydrogen) atoms. The van der Waals surface area contributed by atoms with Crippen LogP contribution in [-0.4, -0.2) is 4.98 Å². The molecule has 0 saturated carbocycles. The van der Waals surface area contributed by atoms with Gasteiger partial charge in [-0.15, -0.1) is 0 Å². The number of hydrogen-bond acceptors (Lipinski definition) is 1. The molecule has 0 saturated heterocycles. The molecule has 0 atom stereocenters. The highest BCUT2D eigenvalue weighted by molar-refractivity contribution is 5.68. The Morgan fingerprint density at radius 1 is 1.42 bits per heavy atom. The van der Waals surface area contributed by atoms with E-state index in [0.717, 1.165) is 6.42 Å². The van der Waals surface area contributed by atoms with E-state index in [1.54, 1.807) is 0 Å². The maximum absolute atomic E-state index is 4.29. The fraction of sp³-hybridized carbons (Fsp3) is 0.364. The van der Waals surface area contributed by atoms with E-state index in [0.29, 0.717) is 0 Å². The summed E-state index contributed by atoms with van der Waals surface area (Å²) in [5.74, 6) is 0. The summed E-state index contributed by atoms with van der Waals surface area (Å²) in [5, 5.41) is 0. The van der Waals surface area contributed by atoms with Gasteiger partial charge in [-0.2, -0.15) is 0 Å². The number of fused-ring (bicyclic) bond motifs is 1. The van der Waals surface area contributed by atoms with Gasteiger partial charge >= 0.3 is 0 Å². The Labute approximate surface area is 73.1 Å². The van der Waals surface area contributed by atoms with Crippen LogP contribution < -0.4 is 0 Å². The molecule has 1 nitrogen and oxygen atoms in total. The van der Waals surface area contributed by atoms with Crippen molar-refractivity contribution in [2.45, 2.75) is 26.2 Å². The first-order valence-corrected chi connectivity index (χ1v) is 4.41. The molecule has 1 heterocycles. The minimum atomic E-state index is 1.15. The third-order valence-corrected chi connectivity index (χ3v) is 2.56. The van der Waals surface area contributed by atoms with E-state index >= 15 is 0 Å². The number of allylic oxidation sites excluding steroid dienone is 1. The van der Waals surface area contributed by atoms with Crippen molar-refractivity contribution in [1.82, 2.24) is 4.98 Å². The Morgan fingerprint density at radius 3 is 3.00 bits per heavy atom. The summed E-state index contributed by atoms with van der Waals surface area (Å²) in [6.45, 7) is 6.15. The molecule has 2 rings (SSSR count). The second-order valence-electron chi connectivity index (χ2n) is 3.38. The third-order valence-electron chi connectivity index (χ3n) is 2.56. The van der Waals surface area contributed by atoms with Crippen molar-refractivity contribution in [3.8, 4) is 0 Å². The van der Waals surface area contributed by atoms with Gasteiger partial charge in [0.1, 0.15) is 0 Å². The molecular formula is C11H13N. The smallest absolute Gasteiger partial charge is 0.0410 e. The van der Waals surface area contributed by atoms with Crippen molar-refractivity contribution in [2.75, 3.05) is 0 Å². The van der Waals surface area contributed by atoms with Crippen molar-refractivity contribution in [2.24, 2.45) is 0 Å². The maximum Gasteiger partial charge on any atom is 0.0410 e. The predicted molar refractivity (Wildman–Crippen MR) is 50.9 cm³/mol. The average Bonchev–Trinajstić information content (AvgIpc) is 2.07. The lowest BCUT2D eigenvalue weighted by Gasteiger charge is -2.18. The van der Waals surface area contributed by atoms with Crippen LogP contribution in [0.15, 0.2) is 18.8 Å². The number of aryl methyl sites for hydroxylation is 1. The van der Waals surface area contributed by atoms with Gasteiger partial charge in [0.2, 0.25) is 0 Å². The fourth-order valence-corrected chi connectivity index (χ4v) is 1.86. The minimum absolute atomic E-state index is 1.15. The van der Waals surface area contributed by atoms with Gasteiger partial charge in [-0.25, -0.2) is 0 Å². The molecule has 0 amide bonds. The molecule has 0 unspecified atom stereocenters. The molecule has 1 heteroatoms. The van der Waals surface area contributed by atoms with Crippen LogP contribution in [0.2, 0.25) is 0 Å². The maximum atomic E-state index is 4.29. The van der Waals surface area contributed by atoms with Gasteiger partial charge in [0.05, 0.1) is 0 Å². The monoisotopic (exact) mass is 159 g/mol. The SMILES string of the molecule is C=C1CCCc2c1ccnc2C. The molecule has 0 aliphatic heterocycles.